The first-order valence-electron chi connectivity index (χ1n) is 6.91. The Balaban J connectivity index is 2.14. The second kappa shape index (κ2) is 7.13. The fourth-order valence-corrected chi connectivity index (χ4v) is 3.31. The van der Waals surface area contributed by atoms with Crippen LogP contribution in [0.4, 0.5) is 0 Å². The Bertz CT molecular complexity index is 521. The minimum absolute atomic E-state index is 0.266. The number of ether oxygens (including phenoxy) is 2. The van der Waals surface area contributed by atoms with Crippen LogP contribution in [0.3, 0.4) is 0 Å². The number of carboxylic acid groups (broad SMARTS) is 1. The van der Waals surface area contributed by atoms with E-state index in [1.54, 1.807) is 14.2 Å². The fraction of sp³-hybridized carbons (Fsp3) is 0.533. The average molecular weight is 358 g/mol. The van der Waals surface area contributed by atoms with Gasteiger partial charge in [0.15, 0.2) is 11.5 Å². The van der Waals surface area contributed by atoms with Crippen molar-refractivity contribution in [2.45, 2.75) is 19.4 Å². The second-order valence-corrected chi connectivity index (χ2v) is 5.98. The number of benzene rings is 1. The van der Waals surface area contributed by atoms with Gasteiger partial charge in [0.2, 0.25) is 0 Å². The number of nitrogens with zero attached hydrogens (tertiary/aromatic N) is 1. The van der Waals surface area contributed by atoms with Crippen molar-refractivity contribution in [3.63, 3.8) is 0 Å². The Labute approximate surface area is 133 Å². The first-order valence-corrected chi connectivity index (χ1v) is 7.70. The first kappa shape index (κ1) is 16.1. The number of carboxylic acids is 1. The van der Waals surface area contributed by atoms with E-state index < -0.39 is 5.97 Å². The van der Waals surface area contributed by atoms with E-state index in [1.165, 1.54) is 0 Å². The molecule has 5 nitrogen and oxygen atoms in total. The molecule has 1 unspecified atom stereocenters. The van der Waals surface area contributed by atoms with Crippen molar-refractivity contribution >= 4 is 21.9 Å². The minimum Gasteiger partial charge on any atom is -0.493 e. The molecule has 0 aromatic heterocycles. The fourth-order valence-electron chi connectivity index (χ4n) is 2.69. The molecule has 0 bridgehead atoms. The van der Waals surface area contributed by atoms with Crippen molar-refractivity contribution in [3.8, 4) is 11.5 Å². The first-order chi connectivity index (χ1) is 10.1. The number of hydrogen-bond donors (Lipinski definition) is 1. The molecular weight excluding hydrogens is 338 g/mol. The maximum Gasteiger partial charge on any atom is 0.307 e. The molecule has 1 saturated heterocycles. The molecule has 1 aromatic carbocycles. The molecule has 0 saturated carbocycles. The van der Waals surface area contributed by atoms with Crippen molar-refractivity contribution in [2.24, 2.45) is 5.92 Å². The lowest BCUT2D eigenvalue weighted by Gasteiger charge is -2.31. The molecular formula is C15H20BrNO4. The van der Waals surface area contributed by atoms with Gasteiger partial charge in [0.1, 0.15) is 0 Å². The monoisotopic (exact) mass is 357 g/mol. The zero-order valence-electron chi connectivity index (χ0n) is 12.3. The lowest BCUT2D eigenvalue weighted by Crippen LogP contribution is -2.38. The van der Waals surface area contributed by atoms with Crippen LogP contribution < -0.4 is 9.47 Å². The topological polar surface area (TPSA) is 59.0 Å². The largest absolute Gasteiger partial charge is 0.493 e. The van der Waals surface area contributed by atoms with E-state index in [0.717, 1.165) is 29.4 Å². The summed E-state index contributed by atoms with van der Waals surface area (Å²) >= 11 is 3.56. The van der Waals surface area contributed by atoms with E-state index >= 15 is 0 Å². The summed E-state index contributed by atoms with van der Waals surface area (Å²) in [4.78, 5) is 13.3. The maximum absolute atomic E-state index is 11.1. The number of likely N-dealkylation sites (tertiary alicyclic amines) is 1. The lowest BCUT2D eigenvalue weighted by molar-refractivity contribution is -0.143. The van der Waals surface area contributed by atoms with E-state index in [1.807, 2.05) is 12.1 Å². The molecule has 1 heterocycles. The van der Waals surface area contributed by atoms with E-state index in [-0.39, 0.29) is 5.92 Å². The summed E-state index contributed by atoms with van der Waals surface area (Å²) in [5, 5.41) is 9.15. The highest BCUT2D eigenvalue weighted by atomic mass is 79.9. The predicted molar refractivity (Wildman–Crippen MR) is 82.9 cm³/mol. The van der Waals surface area contributed by atoms with Crippen LogP contribution in [0.25, 0.3) is 0 Å². The van der Waals surface area contributed by atoms with Gasteiger partial charge >= 0.3 is 5.97 Å². The van der Waals surface area contributed by atoms with Gasteiger partial charge in [-0.05, 0) is 46.9 Å². The summed E-state index contributed by atoms with van der Waals surface area (Å²) in [7, 11) is 3.21. The van der Waals surface area contributed by atoms with Crippen LogP contribution >= 0.6 is 15.9 Å². The van der Waals surface area contributed by atoms with Gasteiger partial charge in [-0.3, -0.25) is 9.69 Å². The lowest BCUT2D eigenvalue weighted by atomic mass is 9.98. The zero-order valence-corrected chi connectivity index (χ0v) is 13.9. The van der Waals surface area contributed by atoms with Gasteiger partial charge in [-0.25, -0.2) is 0 Å². The summed E-state index contributed by atoms with van der Waals surface area (Å²) in [6, 6.07) is 3.85. The average Bonchev–Trinajstić information content (AvgIpc) is 2.49. The SMILES string of the molecule is COc1ccc(CN2CCCC(C(=O)O)C2)c(Br)c1OC. The number of carbonyl (C=O) groups is 1. The third-order valence-corrected chi connectivity index (χ3v) is 4.68. The number of hydrogen-bond acceptors (Lipinski definition) is 4. The number of piperidine rings is 1. The van der Waals surface area contributed by atoms with Crippen molar-refractivity contribution in [1.29, 1.82) is 0 Å². The third kappa shape index (κ3) is 3.68. The van der Waals surface area contributed by atoms with Crippen LogP contribution in [0.2, 0.25) is 0 Å². The normalized spacial score (nSPS) is 19.3. The molecule has 0 spiro atoms. The molecule has 0 radical (unpaired) electrons. The maximum atomic E-state index is 11.1. The standard InChI is InChI=1S/C15H20BrNO4/c1-20-12-6-5-10(13(16)14(12)21-2)8-17-7-3-4-11(9-17)15(18)19/h5-6,11H,3-4,7-9H2,1-2H3,(H,18,19). The Morgan fingerprint density at radius 3 is 2.81 bits per heavy atom. The van der Waals surface area contributed by atoms with Crippen molar-refractivity contribution in [2.75, 3.05) is 27.3 Å². The van der Waals surface area contributed by atoms with Gasteiger partial charge in [0, 0.05) is 13.1 Å². The van der Waals surface area contributed by atoms with E-state index in [2.05, 4.69) is 20.8 Å². The van der Waals surface area contributed by atoms with Gasteiger partial charge in [-0.1, -0.05) is 6.07 Å². The Hall–Kier alpha value is -1.27. The molecule has 21 heavy (non-hydrogen) atoms. The number of methoxy groups -OCH3 is 2. The molecule has 1 fully saturated rings. The van der Waals surface area contributed by atoms with Crippen molar-refractivity contribution < 1.29 is 19.4 Å². The molecule has 1 atom stereocenters. The number of halogens is 1. The van der Waals surface area contributed by atoms with Gasteiger partial charge in [0.05, 0.1) is 24.6 Å². The van der Waals surface area contributed by atoms with E-state index in [0.29, 0.717) is 24.6 Å². The summed E-state index contributed by atoms with van der Waals surface area (Å²) < 4.78 is 11.5. The molecule has 1 aliphatic heterocycles. The van der Waals surface area contributed by atoms with Crippen molar-refractivity contribution in [3.05, 3.63) is 22.2 Å². The van der Waals surface area contributed by atoms with Crippen LogP contribution in [0, 0.1) is 5.92 Å². The minimum atomic E-state index is -0.703. The van der Waals surface area contributed by atoms with Crippen LogP contribution in [-0.4, -0.2) is 43.3 Å². The molecule has 6 heteroatoms. The molecule has 1 N–H and O–H groups in total. The highest BCUT2D eigenvalue weighted by Crippen LogP contribution is 2.38. The smallest absolute Gasteiger partial charge is 0.307 e. The van der Waals surface area contributed by atoms with Crippen molar-refractivity contribution in [1.82, 2.24) is 4.90 Å². The third-order valence-electron chi connectivity index (χ3n) is 3.81. The molecule has 1 aliphatic rings. The van der Waals surface area contributed by atoms with Crippen LogP contribution in [0.1, 0.15) is 18.4 Å². The van der Waals surface area contributed by atoms with E-state index in [4.69, 9.17) is 14.6 Å². The number of rotatable bonds is 5. The van der Waals surface area contributed by atoms with Gasteiger partial charge in [-0.15, -0.1) is 0 Å². The van der Waals surface area contributed by atoms with Gasteiger partial charge in [-0.2, -0.15) is 0 Å². The summed E-state index contributed by atoms with van der Waals surface area (Å²) in [6.45, 7) is 2.21. The molecule has 116 valence electrons. The highest BCUT2D eigenvalue weighted by molar-refractivity contribution is 9.10. The quantitative estimate of drug-likeness (QED) is 0.877. The zero-order chi connectivity index (χ0) is 15.4. The molecule has 0 amide bonds. The van der Waals surface area contributed by atoms with Crippen LogP contribution in [-0.2, 0) is 11.3 Å². The highest BCUT2D eigenvalue weighted by Gasteiger charge is 2.26. The van der Waals surface area contributed by atoms with Gasteiger partial charge in [0.25, 0.3) is 0 Å². The Morgan fingerprint density at radius 2 is 2.19 bits per heavy atom. The van der Waals surface area contributed by atoms with Crippen LogP contribution in [0.15, 0.2) is 16.6 Å². The second-order valence-electron chi connectivity index (χ2n) is 5.19. The molecule has 1 aromatic rings. The molecule has 2 rings (SSSR count). The number of aliphatic carboxylic acids is 1. The molecule has 0 aliphatic carbocycles. The summed E-state index contributed by atoms with van der Waals surface area (Å²) in [5.74, 6) is 0.376. The van der Waals surface area contributed by atoms with Gasteiger partial charge < -0.3 is 14.6 Å². The Kier molecular flexibility index (Phi) is 5.47. The van der Waals surface area contributed by atoms with Crippen LogP contribution in [0.5, 0.6) is 11.5 Å². The predicted octanol–water partition coefficient (Wildman–Crippen LogP) is 2.76. The van der Waals surface area contributed by atoms with E-state index in [9.17, 15) is 4.79 Å². The summed E-state index contributed by atoms with van der Waals surface area (Å²) in [5.41, 5.74) is 1.07. The Morgan fingerprint density at radius 1 is 1.43 bits per heavy atom. The summed E-state index contributed by atoms with van der Waals surface area (Å²) in [6.07, 6.45) is 1.68.